The summed E-state index contributed by atoms with van der Waals surface area (Å²) in [5, 5.41) is 19.6. The second-order valence-corrected chi connectivity index (χ2v) is 8.21. The number of nitrogens with zero attached hydrogens (tertiary/aromatic N) is 3. The van der Waals surface area contributed by atoms with Crippen LogP contribution in [0, 0.1) is 10.1 Å². The predicted octanol–water partition coefficient (Wildman–Crippen LogP) is 0.945. The van der Waals surface area contributed by atoms with Gasteiger partial charge in [0.2, 0.25) is 10.0 Å². The van der Waals surface area contributed by atoms with Gasteiger partial charge in [-0.05, 0) is 25.0 Å². The lowest BCUT2D eigenvalue weighted by molar-refractivity contribution is -0.384. The average molecular weight is 408 g/mol. The van der Waals surface area contributed by atoms with Gasteiger partial charge in [-0.25, -0.2) is 18.2 Å². The first kappa shape index (κ1) is 19.6. The van der Waals surface area contributed by atoms with Crippen molar-refractivity contribution in [1.82, 2.24) is 14.3 Å². The van der Waals surface area contributed by atoms with E-state index in [-0.39, 0.29) is 29.5 Å². The molecule has 1 aliphatic rings. The van der Waals surface area contributed by atoms with E-state index in [1.807, 2.05) is 0 Å². The summed E-state index contributed by atoms with van der Waals surface area (Å²) >= 11 is 0. The SMILES string of the molecule is O=C(O)c1cnc([C@H]2CCCN(S(=O)(=O)c3ccc([N+](=O)[O-])cc3)C2)[nH]c1=O. The first-order valence-electron chi connectivity index (χ1n) is 8.27. The molecule has 12 heteroatoms. The van der Waals surface area contributed by atoms with Crippen LogP contribution in [-0.2, 0) is 10.0 Å². The molecule has 0 bridgehead atoms. The van der Waals surface area contributed by atoms with Crippen molar-refractivity contribution in [3.8, 4) is 0 Å². The average Bonchev–Trinajstić information content (AvgIpc) is 2.67. The van der Waals surface area contributed by atoms with Gasteiger partial charge < -0.3 is 10.1 Å². The van der Waals surface area contributed by atoms with Gasteiger partial charge in [0, 0.05) is 37.3 Å². The van der Waals surface area contributed by atoms with E-state index >= 15 is 0 Å². The number of benzene rings is 1. The number of rotatable bonds is 5. The number of hydrogen-bond acceptors (Lipinski definition) is 7. The first-order chi connectivity index (χ1) is 13.2. The van der Waals surface area contributed by atoms with Gasteiger partial charge in [0.1, 0.15) is 11.4 Å². The van der Waals surface area contributed by atoms with Gasteiger partial charge in [0.05, 0.1) is 9.82 Å². The summed E-state index contributed by atoms with van der Waals surface area (Å²) in [6, 6.07) is 4.60. The van der Waals surface area contributed by atoms with E-state index < -0.39 is 38.0 Å². The fourth-order valence-electron chi connectivity index (χ4n) is 3.04. The third-order valence-electron chi connectivity index (χ3n) is 4.51. The summed E-state index contributed by atoms with van der Waals surface area (Å²) in [4.78, 5) is 39.2. The third-order valence-corrected chi connectivity index (χ3v) is 6.38. The molecule has 2 aromatic rings. The Balaban J connectivity index is 1.84. The topological polar surface area (TPSA) is 164 Å². The van der Waals surface area contributed by atoms with E-state index in [4.69, 9.17) is 5.11 Å². The molecule has 3 rings (SSSR count). The van der Waals surface area contributed by atoms with Gasteiger partial charge >= 0.3 is 5.97 Å². The van der Waals surface area contributed by atoms with Crippen molar-refractivity contribution in [2.75, 3.05) is 13.1 Å². The van der Waals surface area contributed by atoms with Crippen molar-refractivity contribution in [2.45, 2.75) is 23.7 Å². The molecule has 11 nitrogen and oxygen atoms in total. The number of aromatic carboxylic acids is 1. The third kappa shape index (κ3) is 3.77. The van der Waals surface area contributed by atoms with Crippen LogP contribution in [0.3, 0.4) is 0 Å². The largest absolute Gasteiger partial charge is 0.477 e. The van der Waals surface area contributed by atoms with Gasteiger partial charge in [-0.3, -0.25) is 14.9 Å². The van der Waals surface area contributed by atoms with Crippen molar-refractivity contribution in [3.05, 3.63) is 62.3 Å². The maximum absolute atomic E-state index is 12.8. The minimum atomic E-state index is -3.88. The Morgan fingerprint density at radius 1 is 1.32 bits per heavy atom. The molecule has 1 atom stereocenters. The van der Waals surface area contributed by atoms with Crippen LogP contribution < -0.4 is 5.56 Å². The number of piperidine rings is 1. The standard InChI is InChI=1S/C16H16N4O7S/c21-15-13(16(22)23)8-17-14(18-15)10-2-1-7-19(9-10)28(26,27)12-5-3-11(4-6-12)20(24)25/h3-6,8,10H,1-2,7,9H2,(H,22,23)(H,17,18,21)/t10-/m0/s1. The Morgan fingerprint density at radius 3 is 2.57 bits per heavy atom. The molecular weight excluding hydrogens is 392 g/mol. The maximum atomic E-state index is 12.8. The Labute approximate surface area is 158 Å². The number of H-pyrrole nitrogens is 1. The second-order valence-electron chi connectivity index (χ2n) is 6.27. The molecule has 0 spiro atoms. The molecule has 2 N–H and O–H groups in total. The molecule has 2 heterocycles. The van der Waals surface area contributed by atoms with Crippen molar-refractivity contribution in [3.63, 3.8) is 0 Å². The van der Waals surface area contributed by atoms with Gasteiger partial charge in [-0.1, -0.05) is 0 Å². The molecule has 1 saturated heterocycles. The molecule has 1 fully saturated rings. The first-order valence-corrected chi connectivity index (χ1v) is 9.71. The Morgan fingerprint density at radius 2 is 2.00 bits per heavy atom. The maximum Gasteiger partial charge on any atom is 0.342 e. The van der Waals surface area contributed by atoms with Crippen LogP contribution in [0.2, 0.25) is 0 Å². The highest BCUT2D eigenvalue weighted by atomic mass is 32.2. The highest BCUT2D eigenvalue weighted by Gasteiger charge is 2.32. The quantitative estimate of drug-likeness (QED) is 0.545. The molecule has 0 saturated carbocycles. The predicted molar refractivity (Wildman–Crippen MR) is 95.6 cm³/mol. The lowest BCUT2D eigenvalue weighted by Crippen LogP contribution is -2.40. The van der Waals surface area contributed by atoms with Crippen LogP contribution in [0.1, 0.15) is 34.9 Å². The number of sulfonamides is 1. The van der Waals surface area contributed by atoms with Crippen LogP contribution in [-0.4, -0.2) is 51.8 Å². The van der Waals surface area contributed by atoms with Crippen LogP contribution in [0.4, 0.5) is 5.69 Å². The van der Waals surface area contributed by atoms with Crippen LogP contribution in [0.15, 0.2) is 40.2 Å². The van der Waals surface area contributed by atoms with E-state index in [2.05, 4.69) is 9.97 Å². The van der Waals surface area contributed by atoms with Gasteiger partial charge in [0.15, 0.2) is 0 Å². The van der Waals surface area contributed by atoms with E-state index in [0.29, 0.717) is 12.8 Å². The van der Waals surface area contributed by atoms with Gasteiger partial charge in [-0.15, -0.1) is 0 Å². The number of aromatic amines is 1. The molecule has 1 aromatic carbocycles. The number of carboxylic acid groups (broad SMARTS) is 1. The highest BCUT2D eigenvalue weighted by Crippen LogP contribution is 2.28. The summed E-state index contributed by atoms with van der Waals surface area (Å²) in [5.74, 6) is -1.58. The normalized spacial score (nSPS) is 17.9. The number of nitro benzene ring substituents is 1. The zero-order valence-corrected chi connectivity index (χ0v) is 15.3. The number of carboxylic acids is 1. The minimum Gasteiger partial charge on any atom is -0.477 e. The molecule has 0 radical (unpaired) electrons. The molecule has 1 aliphatic heterocycles. The van der Waals surface area contributed by atoms with Crippen LogP contribution in [0.5, 0.6) is 0 Å². The minimum absolute atomic E-state index is 0.0503. The molecule has 148 valence electrons. The fourth-order valence-corrected chi connectivity index (χ4v) is 4.57. The lowest BCUT2D eigenvalue weighted by Gasteiger charge is -2.31. The van der Waals surface area contributed by atoms with Gasteiger partial charge in [-0.2, -0.15) is 4.31 Å². The Bertz CT molecular complexity index is 1080. The van der Waals surface area contributed by atoms with Crippen molar-refractivity contribution in [1.29, 1.82) is 0 Å². The summed E-state index contributed by atoms with van der Waals surface area (Å²) < 4.78 is 26.9. The van der Waals surface area contributed by atoms with Crippen LogP contribution >= 0.6 is 0 Å². The van der Waals surface area contributed by atoms with Crippen molar-refractivity contribution >= 4 is 21.7 Å². The molecular formula is C16H16N4O7S. The number of nitrogens with one attached hydrogen (secondary N) is 1. The number of carbonyl (C=O) groups is 1. The lowest BCUT2D eigenvalue weighted by atomic mass is 9.99. The van der Waals surface area contributed by atoms with E-state index in [1.54, 1.807) is 0 Å². The highest BCUT2D eigenvalue weighted by molar-refractivity contribution is 7.89. The monoisotopic (exact) mass is 408 g/mol. The van der Waals surface area contributed by atoms with Crippen LogP contribution in [0.25, 0.3) is 0 Å². The summed E-state index contributed by atoms with van der Waals surface area (Å²) in [6.45, 7) is 0.307. The molecule has 0 unspecified atom stereocenters. The summed E-state index contributed by atoms with van der Waals surface area (Å²) in [7, 11) is -3.88. The zero-order valence-electron chi connectivity index (χ0n) is 14.4. The van der Waals surface area contributed by atoms with Crippen molar-refractivity contribution < 1.29 is 23.2 Å². The Hall–Kier alpha value is -3.12. The number of non-ortho nitro benzene ring substituents is 1. The van der Waals surface area contributed by atoms with E-state index in [0.717, 1.165) is 18.3 Å². The summed E-state index contributed by atoms with van der Waals surface area (Å²) in [5.41, 5.74) is -1.50. The van der Waals surface area contributed by atoms with Gasteiger partial charge in [0.25, 0.3) is 11.2 Å². The second kappa shape index (κ2) is 7.48. The smallest absolute Gasteiger partial charge is 0.342 e. The molecule has 0 aliphatic carbocycles. The fraction of sp³-hybridized carbons (Fsp3) is 0.312. The van der Waals surface area contributed by atoms with E-state index in [1.165, 1.54) is 16.4 Å². The Kier molecular flexibility index (Phi) is 5.25. The number of nitro groups is 1. The number of aromatic nitrogens is 2. The number of hydrogen-bond donors (Lipinski definition) is 2. The zero-order chi connectivity index (χ0) is 20.5. The van der Waals surface area contributed by atoms with E-state index in [9.17, 15) is 28.1 Å². The van der Waals surface area contributed by atoms with Crippen molar-refractivity contribution in [2.24, 2.45) is 0 Å². The molecule has 0 amide bonds. The molecule has 28 heavy (non-hydrogen) atoms. The molecule has 1 aromatic heterocycles. The summed E-state index contributed by atoms with van der Waals surface area (Å²) in [6.07, 6.45) is 2.04.